The van der Waals surface area contributed by atoms with Crippen LogP contribution in [0.25, 0.3) is 0 Å². The normalized spacial score (nSPS) is 23.4. The van der Waals surface area contributed by atoms with E-state index in [1.54, 1.807) is 6.92 Å². The van der Waals surface area contributed by atoms with Gasteiger partial charge in [-0.1, -0.05) is 6.92 Å². The highest BCUT2D eigenvalue weighted by Crippen LogP contribution is 2.34. The van der Waals surface area contributed by atoms with Crippen LogP contribution >= 0.6 is 0 Å². The number of anilines is 2. The Balaban J connectivity index is 2.46. The summed E-state index contributed by atoms with van der Waals surface area (Å²) in [4.78, 5) is 20.8. The molecule has 7 nitrogen and oxygen atoms in total. The molecule has 104 valence electrons. The molecular weight excluding hydrogens is 246 g/mol. The average Bonchev–Trinajstić information content (AvgIpc) is 2.26. The summed E-state index contributed by atoms with van der Waals surface area (Å²) in [5.41, 5.74) is 5.92. The molecule has 0 aromatic carbocycles. The van der Waals surface area contributed by atoms with Gasteiger partial charge in [0, 0.05) is 12.6 Å². The van der Waals surface area contributed by atoms with E-state index in [4.69, 9.17) is 5.73 Å². The maximum atomic E-state index is 11.2. The molecule has 2 unspecified atom stereocenters. The first kappa shape index (κ1) is 13.5. The summed E-state index contributed by atoms with van der Waals surface area (Å²) in [6.45, 7) is 6.62. The molecule has 0 radical (unpaired) electrons. The van der Waals surface area contributed by atoms with Crippen LogP contribution in [0.5, 0.6) is 0 Å². The second-order valence-electron chi connectivity index (χ2n) is 5.27. The number of nitrogens with zero attached hydrogens (tertiary/aromatic N) is 4. The zero-order chi connectivity index (χ0) is 14.2. The number of nitro groups is 1. The lowest BCUT2D eigenvalue weighted by molar-refractivity contribution is -0.385. The van der Waals surface area contributed by atoms with Crippen LogP contribution in [0.2, 0.25) is 0 Å². The van der Waals surface area contributed by atoms with Gasteiger partial charge >= 0.3 is 5.69 Å². The zero-order valence-corrected chi connectivity index (χ0v) is 11.5. The maximum absolute atomic E-state index is 11.2. The van der Waals surface area contributed by atoms with Gasteiger partial charge in [-0.2, -0.15) is 4.98 Å². The molecule has 0 spiro atoms. The van der Waals surface area contributed by atoms with Crippen molar-refractivity contribution in [2.75, 3.05) is 17.2 Å². The van der Waals surface area contributed by atoms with Crippen molar-refractivity contribution in [1.82, 2.24) is 9.97 Å². The molecule has 7 heteroatoms. The lowest BCUT2D eigenvalue weighted by Gasteiger charge is -2.37. The van der Waals surface area contributed by atoms with Crippen molar-refractivity contribution in [1.29, 1.82) is 0 Å². The molecule has 1 aliphatic rings. The van der Waals surface area contributed by atoms with Gasteiger partial charge in [0.05, 0.1) is 4.92 Å². The summed E-state index contributed by atoms with van der Waals surface area (Å²) >= 11 is 0. The SMILES string of the molecule is Cc1nc(N)nc(N2CCC(C)CC2C)c1[N+](=O)[O-]. The topological polar surface area (TPSA) is 98.2 Å². The largest absolute Gasteiger partial charge is 0.368 e. The molecule has 2 heterocycles. The maximum Gasteiger partial charge on any atom is 0.332 e. The number of rotatable bonds is 2. The predicted octanol–water partition coefficient (Wildman–Crippen LogP) is 1.90. The fourth-order valence-corrected chi connectivity index (χ4v) is 2.71. The fraction of sp³-hybridized carbons (Fsp3) is 0.667. The van der Waals surface area contributed by atoms with Crippen LogP contribution < -0.4 is 10.6 Å². The van der Waals surface area contributed by atoms with Gasteiger partial charge in [0.1, 0.15) is 5.69 Å². The first-order valence-corrected chi connectivity index (χ1v) is 6.45. The molecule has 0 bridgehead atoms. The molecule has 2 N–H and O–H groups in total. The van der Waals surface area contributed by atoms with Crippen LogP contribution in [0.15, 0.2) is 0 Å². The van der Waals surface area contributed by atoms with E-state index in [1.165, 1.54) is 0 Å². The Morgan fingerprint density at radius 3 is 2.68 bits per heavy atom. The van der Waals surface area contributed by atoms with Crippen LogP contribution in [0.1, 0.15) is 32.4 Å². The van der Waals surface area contributed by atoms with Crippen molar-refractivity contribution < 1.29 is 4.92 Å². The number of hydrogen-bond acceptors (Lipinski definition) is 6. The number of hydrogen-bond donors (Lipinski definition) is 1. The molecule has 1 saturated heterocycles. The summed E-state index contributed by atoms with van der Waals surface area (Å²) in [7, 11) is 0. The minimum Gasteiger partial charge on any atom is -0.368 e. The monoisotopic (exact) mass is 265 g/mol. The van der Waals surface area contributed by atoms with E-state index in [9.17, 15) is 10.1 Å². The van der Waals surface area contributed by atoms with Gasteiger partial charge in [0.15, 0.2) is 0 Å². The number of nitrogen functional groups attached to an aromatic ring is 1. The minimum atomic E-state index is -0.422. The van der Waals surface area contributed by atoms with Gasteiger partial charge in [-0.15, -0.1) is 0 Å². The third-order valence-electron chi connectivity index (χ3n) is 3.65. The zero-order valence-electron chi connectivity index (χ0n) is 11.5. The summed E-state index contributed by atoms with van der Waals surface area (Å²) in [6.07, 6.45) is 2.00. The van der Waals surface area contributed by atoms with Gasteiger partial charge in [-0.25, -0.2) is 4.98 Å². The molecule has 1 fully saturated rings. The summed E-state index contributed by atoms with van der Waals surface area (Å²) in [6, 6.07) is 0.219. The lowest BCUT2D eigenvalue weighted by atomic mass is 9.93. The number of aryl methyl sites for hydroxylation is 1. The lowest BCUT2D eigenvalue weighted by Crippen LogP contribution is -2.41. The van der Waals surface area contributed by atoms with E-state index in [1.807, 2.05) is 4.90 Å². The molecule has 1 aromatic rings. The van der Waals surface area contributed by atoms with Crippen molar-refractivity contribution in [3.63, 3.8) is 0 Å². The van der Waals surface area contributed by atoms with E-state index in [0.29, 0.717) is 17.4 Å². The molecule has 0 saturated carbocycles. The van der Waals surface area contributed by atoms with Crippen LogP contribution in [-0.2, 0) is 0 Å². The van der Waals surface area contributed by atoms with Gasteiger partial charge < -0.3 is 10.6 Å². The third kappa shape index (κ3) is 2.59. The van der Waals surface area contributed by atoms with E-state index in [2.05, 4.69) is 23.8 Å². The minimum absolute atomic E-state index is 0.0318. The standard InChI is InChI=1S/C12H19N5O2/c1-7-4-5-16(8(2)6-7)11-10(17(18)19)9(3)14-12(13)15-11/h7-8H,4-6H2,1-3H3,(H2,13,14,15). The van der Waals surface area contributed by atoms with Crippen molar-refractivity contribution in [2.24, 2.45) is 5.92 Å². The van der Waals surface area contributed by atoms with Gasteiger partial charge in [-0.05, 0) is 32.6 Å². The van der Waals surface area contributed by atoms with Crippen molar-refractivity contribution in [3.05, 3.63) is 15.8 Å². The molecule has 0 aliphatic carbocycles. The number of aromatic nitrogens is 2. The molecule has 19 heavy (non-hydrogen) atoms. The fourth-order valence-electron chi connectivity index (χ4n) is 2.71. The van der Waals surface area contributed by atoms with Crippen molar-refractivity contribution in [3.8, 4) is 0 Å². The Morgan fingerprint density at radius 2 is 2.11 bits per heavy atom. The molecular formula is C12H19N5O2. The number of piperidine rings is 1. The molecule has 1 aromatic heterocycles. The van der Waals surface area contributed by atoms with E-state index >= 15 is 0 Å². The van der Waals surface area contributed by atoms with E-state index < -0.39 is 4.92 Å². The third-order valence-corrected chi connectivity index (χ3v) is 3.65. The average molecular weight is 265 g/mol. The van der Waals surface area contributed by atoms with Crippen LogP contribution in [0.4, 0.5) is 17.5 Å². The van der Waals surface area contributed by atoms with Gasteiger partial charge in [-0.3, -0.25) is 10.1 Å². The predicted molar refractivity (Wildman–Crippen MR) is 73.0 cm³/mol. The van der Waals surface area contributed by atoms with Crippen LogP contribution in [-0.4, -0.2) is 27.5 Å². The first-order valence-electron chi connectivity index (χ1n) is 6.45. The van der Waals surface area contributed by atoms with Crippen LogP contribution in [0, 0.1) is 23.0 Å². The second-order valence-corrected chi connectivity index (χ2v) is 5.27. The second kappa shape index (κ2) is 4.99. The Kier molecular flexibility index (Phi) is 3.55. The molecule has 1 aliphatic heterocycles. The summed E-state index contributed by atoms with van der Waals surface area (Å²) in [5.74, 6) is 1.07. The Morgan fingerprint density at radius 1 is 1.42 bits per heavy atom. The van der Waals surface area contributed by atoms with Crippen molar-refractivity contribution in [2.45, 2.75) is 39.7 Å². The molecule has 2 atom stereocenters. The van der Waals surface area contributed by atoms with Crippen LogP contribution in [0.3, 0.4) is 0 Å². The Hall–Kier alpha value is -1.92. The first-order chi connectivity index (χ1) is 8.90. The van der Waals surface area contributed by atoms with E-state index in [0.717, 1.165) is 19.4 Å². The van der Waals surface area contributed by atoms with Gasteiger partial charge in [0.25, 0.3) is 0 Å². The van der Waals surface area contributed by atoms with E-state index in [-0.39, 0.29) is 17.7 Å². The number of nitrogens with two attached hydrogens (primary N) is 1. The smallest absolute Gasteiger partial charge is 0.332 e. The highest BCUT2D eigenvalue weighted by atomic mass is 16.6. The summed E-state index contributed by atoms with van der Waals surface area (Å²) in [5, 5.41) is 11.2. The van der Waals surface area contributed by atoms with Gasteiger partial charge in [0.2, 0.25) is 11.8 Å². The highest BCUT2D eigenvalue weighted by Gasteiger charge is 2.31. The molecule has 2 rings (SSSR count). The van der Waals surface area contributed by atoms with Crippen molar-refractivity contribution >= 4 is 17.5 Å². The molecule has 0 amide bonds. The Bertz CT molecular complexity index is 505. The summed E-state index contributed by atoms with van der Waals surface area (Å²) < 4.78 is 0. The Labute approximate surface area is 112 Å². The quantitative estimate of drug-likeness (QED) is 0.647. The highest BCUT2D eigenvalue weighted by molar-refractivity contribution is 5.62.